The van der Waals surface area contributed by atoms with Gasteiger partial charge in [0.2, 0.25) is 0 Å². The van der Waals surface area contributed by atoms with Crippen molar-refractivity contribution in [3.05, 3.63) is 0 Å². The maximum atomic E-state index is 5.96. The number of hydrogen-bond acceptors (Lipinski definition) is 2. The summed E-state index contributed by atoms with van der Waals surface area (Å²) in [7, 11) is 0. The van der Waals surface area contributed by atoms with Crippen molar-refractivity contribution in [3.8, 4) is 0 Å². The second-order valence-electron chi connectivity index (χ2n) is 3.39. The second-order valence-corrected chi connectivity index (χ2v) is 3.39. The summed E-state index contributed by atoms with van der Waals surface area (Å²) in [5.74, 6) is 0. The van der Waals surface area contributed by atoms with Crippen LogP contribution in [0.2, 0.25) is 0 Å². The topological polar surface area (TPSA) is 35.2 Å². The van der Waals surface area contributed by atoms with Crippen LogP contribution < -0.4 is 5.73 Å². The SMILES string of the molecule is CCCCC(C)(N)COCC. The minimum Gasteiger partial charge on any atom is -0.380 e. The summed E-state index contributed by atoms with van der Waals surface area (Å²) in [6, 6.07) is 0. The Morgan fingerprint density at radius 2 is 2.00 bits per heavy atom. The highest BCUT2D eigenvalue weighted by molar-refractivity contribution is 4.77. The first-order valence-electron chi connectivity index (χ1n) is 4.49. The van der Waals surface area contributed by atoms with E-state index in [4.69, 9.17) is 10.5 Å². The quantitative estimate of drug-likeness (QED) is 0.642. The van der Waals surface area contributed by atoms with Gasteiger partial charge in [0.1, 0.15) is 0 Å². The second kappa shape index (κ2) is 5.56. The van der Waals surface area contributed by atoms with Gasteiger partial charge >= 0.3 is 0 Å². The Hall–Kier alpha value is -0.0800. The molecule has 2 heteroatoms. The average molecular weight is 159 g/mol. The lowest BCUT2D eigenvalue weighted by molar-refractivity contribution is 0.0967. The minimum absolute atomic E-state index is 0.119. The lowest BCUT2D eigenvalue weighted by Crippen LogP contribution is -2.41. The van der Waals surface area contributed by atoms with Crippen LogP contribution in [0.15, 0.2) is 0 Å². The van der Waals surface area contributed by atoms with Crippen molar-refractivity contribution in [2.45, 2.75) is 45.6 Å². The molecule has 0 aliphatic rings. The first-order valence-corrected chi connectivity index (χ1v) is 4.49. The van der Waals surface area contributed by atoms with Crippen molar-refractivity contribution in [3.63, 3.8) is 0 Å². The van der Waals surface area contributed by atoms with Gasteiger partial charge in [-0.3, -0.25) is 0 Å². The van der Waals surface area contributed by atoms with E-state index in [9.17, 15) is 0 Å². The van der Waals surface area contributed by atoms with Gasteiger partial charge in [-0.2, -0.15) is 0 Å². The molecule has 0 saturated carbocycles. The Morgan fingerprint density at radius 3 is 2.45 bits per heavy atom. The highest BCUT2D eigenvalue weighted by Crippen LogP contribution is 2.10. The highest BCUT2D eigenvalue weighted by Gasteiger charge is 2.16. The van der Waals surface area contributed by atoms with Gasteiger partial charge in [-0.1, -0.05) is 19.8 Å². The number of nitrogens with two attached hydrogens (primary N) is 1. The largest absolute Gasteiger partial charge is 0.380 e. The Morgan fingerprint density at radius 1 is 1.36 bits per heavy atom. The van der Waals surface area contributed by atoms with Crippen LogP contribution in [0, 0.1) is 0 Å². The van der Waals surface area contributed by atoms with Crippen LogP contribution in [0.25, 0.3) is 0 Å². The van der Waals surface area contributed by atoms with Crippen molar-refractivity contribution in [2.75, 3.05) is 13.2 Å². The molecule has 0 saturated heterocycles. The Balaban J connectivity index is 3.43. The molecular formula is C9H21NO. The van der Waals surface area contributed by atoms with E-state index in [1.807, 2.05) is 6.92 Å². The molecule has 0 aromatic rings. The predicted octanol–water partition coefficient (Wildman–Crippen LogP) is 1.93. The molecule has 1 unspecified atom stereocenters. The van der Waals surface area contributed by atoms with Crippen molar-refractivity contribution < 1.29 is 4.74 Å². The van der Waals surface area contributed by atoms with Crippen molar-refractivity contribution in [1.82, 2.24) is 0 Å². The smallest absolute Gasteiger partial charge is 0.0643 e. The molecule has 0 aliphatic heterocycles. The summed E-state index contributed by atoms with van der Waals surface area (Å²) in [4.78, 5) is 0. The van der Waals surface area contributed by atoms with E-state index in [0.29, 0.717) is 6.61 Å². The molecular weight excluding hydrogens is 138 g/mol. The normalized spacial score (nSPS) is 16.4. The molecule has 0 aliphatic carbocycles. The van der Waals surface area contributed by atoms with E-state index in [1.54, 1.807) is 0 Å². The van der Waals surface area contributed by atoms with Gasteiger partial charge in [-0.15, -0.1) is 0 Å². The van der Waals surface area contributed by atoms with Crippen LogP contribution in [0.4, 0.5) is 0 Å². The summed E-state index contributed by atoms with van der Waals surface area (Å²) >= 11 is 0. The zero-order valence-electron chi connectivity index (χ0n) is 8.02. The Bertz CT molecular complexity index is 81.6. The van der Waals surface area contributed by atoms with E-state index in [-0.39, 0.29) is 5.54 Å². The van der Waals surface area contributed by atoms with Gasteiger partial charge < -0.3 is 10.5 Å². The fourth-order valence-corrected chi connectivity index (χ4v) is 0.988. The number of unbranched alkanes of at least 4 members (excludes halogenated alkanes) is 1. The number of hydrogen-bond donors (Lipinski definition) is 1. The standard InChI is InChI=1S/C9H21NO/c1-4-6-7-9(3,10)8-11-5-2/h4-8,10H2,1-3H3. The lowest BCUT2D eigenvalue weighted by atomic mass is 9.97. The zero-order chi connectivity index (χ0) is 8.74. The van der Waals surface area contributed by atoms with E-state index >= 15 is 0 Å². The first kappa shape index (κ1) is 10.9. The first-order chi connectivity index (χ1) is 5.12. The maximum absolute atomic E-state index is 5.96. The molecule has 1 atom stereocenters. The van der Waals surface area contributed by atoms with Crippen LogP contribution in [0.5, 0.6) is 0 Å². The van der Waals surface area contributed by atoms with Gasteiger partial charge in [0.05, 0.1) is 6.61 Å². The molecule has 0 radical (unpaired) electrons. The molecule has 0 fully saturated rings. The molecule has 0 spiro atoms. The van der Waals surface area contributed by atoms with Crippen molar-refractivity contribution >= 4 is 0 Å². The van der Waals surface area contributed by atoms with Crippen LogP contribution >= 0.6 is 0 Å². The third-order valence-electron chi connectivity index (χ3n) is 1.74. The fourth-order valence-electron chi connectivity index (χ4n) is 0.988. The highest BCUT2D eigenvalue weighted by atomic mass is 16.5. The van der Waals surface area contributed by atoms with Gasteiger partial charge in [-0.25, -0.2) is 0 Å². The molecule has 0 amide bonds. The third-order valence-corrected chi connectivity index (χ3v) is 1.74. The molecule has 0 rings (SSSR count). The molecule has 0 heterocycles. The van der Waals surface area contributed by atoms with Gasteiger partial charge in [0.25, 0.3) is 0 Å². The molecule has 11 heavy (non-hydrogen) atoms. The zero-order valence-corrected chi connectivity index (χ0v) is 8.02. The summed E-state index contributed by atoms with van der Waals surface area (Å²) in [5.41, 5.74) is 5.84. The summed E-state index contributed by atoms with van der Waals surface area (Å²) in [5, 5.41) is 0. The molecule has 68 valence electrons. The van der Waals surface area contributed by atoms with E-state index in [2.05, 4.69) is 13.8 Å². The van der Waals surface area contributed by atoms with Crippen LogP contribution in [0.3, 0.4) is 0 Å². The molecule has 2 N–H and O–H groups in total. The third kappa shape index (κ3) is 6.32. The predicted molar refractivity (Wildman–Crippen MR) is 48.6 cm³/mol. The Labute approximate surface area is 70.1 Å². The summed E-state index contributed by atoms with van der Waals surface area (Å²) in [6.07, 6.45) is 3.46. The minimum atomic E-state index is -0.119. The molecule has 0 bridgehead atoms. The van der Waals surface area contributed by atoms with E-state index in [1.165, 1.54) is 12.8 Å². The summed E-state index contributed by atoms with van der Waals surface area (Å²) in [6.45, 7) is 7.67. The Kier molecular flexibility index (Phi) is 5.51. The maximum Gasteiger partial charge on any atom is 0.0643 e. The summed E-state index contributed by atoms with van der Waals surface area (Å²) < 4.78 is 5.27. The number of ether oxygens (including phenoxy) is 1. The molecule has 0 aromatic heterocycles. The van der Waals surface area contributed by atoms with Crippen LogP contribution in [-0.2, 0) is 4.74 Å². The van der Waals surface area contributed by atoms with E-state index in [0.717, 1.165) is 13.0 Å². The number of rotatable bonds is 6. The molecule has 0 aromatic carbocycles. The lowest BCUT2D eigenvalue weighted by Gasteiger charge is -2.23. The van der Waals surface area contributed by atoms with Crippen molar-refractivity contribution in [1.29, 1.82) is 0 Å². The fraction of sp³-hybridized carbons (Fsp3) is 1.00. The van der Waals surface area contributed by atoms with Gasteiger partial charge in [-0.05, 0) is 20.3 Å². The average Bonchev–Trinajstić information content (AvgIpc) is 1.97. The van der Waals surface area contributed by atoms with Crippen LogP contribution in [0.1, 0.15) is 40.0 Å². The van der Waals surface area contributed by atoms with Crippen molar-refractivity contribution in [2.24, 2.45) is 5.73 Å². The van der Waals surface area contributed by atoms with E-state index < -0.39 is 0 Å². The van der Waals surface area contributed by atoms with Gasteiger partial charge in [0.15, 0.2) is 0 Å². The monoisotopic (exact) mass is 159 g/mol. The van der Waals surface area contributed by atoms with Gasteiger partial charge in [0, 0.05) is 12.1 Å². The van der Waals surface area contributed by atoms with Crippen LogP contribution in [-0.4, -0.2) is 18.8 Å². The molecule has 2 nitrogen and oxygen atoms in total.